The number of nitrogens with zero attached hydrogens (tertiary/aromatic N) is 1. The topological polar surface area (TPSA) is 101 Å². The van der Waals surface area contributed by atoms with Gasteiger partial charge in [0.1, 0.15) is 17.1 Å². The lowest BCUT2D eigenvalue weighted by molar-refractivity contribution is -0.148. The molecule has 2 heterocycles. The summed E-state index contributed by atoms with van der Waals surface area (Å²) in [5, 5.41) is 8.20. The molecule has 2 rings (SSSR count). The largest absolute Gasteiger partial charge is 0.477 e. The zero-order valence-corrected chi connectivity index (χ0v) is 10.4. The van der Waals surface area contributed by atoms with E-state index in [1.54, 1.807) is 0 Å². The van der Waals surface area contributed by atoms with E-state index in [-0.39, 0.29) is 5.70 Å². The Morgan fingerprint density at radius 2 is 2.31 bits per heavy atom. The lowest BCUT2D eigenvalue weighted by Gasteiger charge is -2.47. The maximum atomic E-state index is 11.9. The monoisotopic (exact) mass is 308 g/mol. The molecular weight excluding hydrogens is 300 g/mol. The van der Waals surface area contributed by atoms with Crippen molar-refractivity contribution in [3.8, 4) is 0 Å². The highest BCUT2D eigenvalue weighted by Gasteiger charge is 2.55. The number of nitrogens with two attached hydrogens (primary N) is 1. The fraction of sp³-hybridized carbons (Fsp3) is 0.500. The van der Waals surface area contributed by atoms with Crippen LogP contribution in [0.2, 0.25) is 0 Å². The number of halogens is 1. The van der Waals surface area contributed by atoms with E-state index in [2.05, 4.69) is 15.9 Å². The molecule has 0 bridgehead atoms. The van der Waals surface area contributed by atoms with Gasteiger partial charge in [-0.05, 0) is 6.08 Å². The Hall–Kier alpha value is -0.730. The zero-order chi connectivity index (χ0) is 12.0. The van der Waals surface area contributed by atoms with Gasteiger partial charge in [-0.15, -0.1) is 0 Å². The molecule has 4 atom stereocenters. The molecule has 0 spiro atoms. The van der Waals surface area contributed by atoms with Gasteiger partial charge in [0.05, 0.1) is 16.0 Å². The van der Waals surface area contributed by atoms with Crippen LogP contribution in [0.15, 0.2) is 11.8 Å². The molecule has 1 amide bonds. The quantitative estimate of drug-likeness (QED) is 0.502. The molecule has 0 saturated carbocycles. The minimum Gasteiger partial charge on any atom is -0.477 e. The predicted molar refractivity (Wildman–Crippen MR) is 60.1 cm³/mol. The van der Waals surface area contributed by atoms with Crippen molar-refractivity contribution >= 4 is 38.6 Å². The van der Waals surface area contributed by atoms with Gasteiger partial charge < -0.3 is 10.8 Å². The van der Waals surface area contributed by atoms with Crippen molar-refractivity contribution in [2.24, 2.45) is 5.73 Å². The molecular formula is C8H9BrN2O4S. The van der Waals surface area contributed by atoms with E-state index < -0.39 is 39.3 Å². The second-order valence-corrected chi connectivity index (χ2v) is 5.90. The van der Waals surface area contributed by atoms with Crippen molar-refractivity contribution in [3.63, 3.8) is 0 Å². The summed E-state index contributed by atoms with van der Waals surface area (Å²) in [7, 11) is -1.36. The molecule has 2 aliphatic heterocycles. The van der Waals surface area contributed by atoms with Gasteiger partial charge >= 0.3 is 5.97 Å². The van der Waals surface area contributed by atoms with E-state index in [4.69, 9.17) is 10.8 Å². The van der Waals surface area contributed by atoms with Gasteiger partial charge in [-0.3, -0.25) is 13.9 Å². The fourth-order valence-corrected chi connectivity index (χ4v) is 4.32. The van der Waals surface area contributed by atoms with Crippen LogP contribution in [0.1, 0.15) is 0 Å². The number of hydrogen-bond donors (Lipinski definition) is 2. The van der Waals surface area contributed by atoms with Gasteiger partial charge in [0, 0.05) is 5.33 Å². The Bertz CT molecular complexity index is 424. The van der Waals surface area contributed by atoms with Gasteiger partial charge in [-0.1, -0.05) is 15.9 Å². The van der Waals surface area contributed by atoms with E-state index >= 15 is 0 Å². The van der Waals surface area contributed by atoms with Gasteiger partial charge in [-0.2, -0.15) is 0 Å². The molecule has 0 aromatic carbocycles. The average molecular weight is 309 g/mol. The van der Waals surface area contributed by atoms with Crippen LogP contribution < -0.4 is 5.73 Å². The van der Waals surface area contributed by atoms with Crippen LogP contribution in [0, 0.1) is 0 Å². The van der Waals surface area contributed by atoms with Crippen molar-refractivity contribution in [2.45, 2.75) is 16.7 Å². The molecule has 1 fully saturated rings. The number of β-lactam (4-membered cyclic amide) rings is 1. The molecule has 16 heavy (non-hydrogen) atoms. The van der Waals surface area contributed by atoms with Crippen molar-refractivity contribution in [1.29, 1.82) is 0 Å². The first kappa shape index (κ1) is 11.7. The SMILES string of the molecule is N[C@@H]1C(=O)N2C(C(=O)O)=CC(CBr)S(=O)[C@H]12. The molecule has 88 valence electrons. The first-order chi connectivity index (χ1) is 7.49. The number of aliphatic carboxylic acids is 1. The number of hydrogen-bond acceptors (Lipinski definition) is 4. The van der Waals surface area contributed by atoms with E-state index in [0.717, 1.165) is 4.90 Å². The molecule has 2 unspecified atom stereocenters. The third-order valence-electron chi connectivity index (χ3n) is 2.60. The molecule has 3 N–H and O–H groups in total. The van der Waals surface area contributed by atoms with Crippen LogP contribution in [-0.4, -0.2) is 48.1 Å². The van der Waals surface area contributed by atoms with Crippen molar-refractivity contribution < 1.29 is 18.9 Å². The summed E-state index contributed by atoms with van der Waals surface area (Å²) in [4.78, 5) is 23.4. The van der Waals surface area contributed by atoms with Gasteiger partial charge in [0.2, 0.25) is 5.91 Å². The lowest BCUT2D eigenvalue weighted by Crippen LogP contribution is -2.72. The molecule has 6 nitrogen and oxygen atoms in total. The molecule has 1 saturated heterocycles. The summed E-state index contributed by atoms with van der Waals surface area (Å²) in [5.41, 5.74) is 5.40. The van der Waals surface area contributed by atoms with E-state index in [9.17, 15) is 13.8 Å². The Kier molecular flexibility index (Phi) is 2.89. The third kappa shape index (κ3) is 1.44. The highest BCUT2D eigenvalue weighted by molar-refractivity contribution is 9.09. The van der Waals surface area contributed by atoms with E-state index in [1.165, 1.54) is 6.08 Å². The third-order valence-corrected chi connectivity index (χ3v) is 5.60. The Morgan fingerprint density at radius 1 is 1.69 bits per heavy atom. The van der Waals surface area contributed by atoms with Gasteiger partial charge in [0.25, 0.3) is 0 Å². The molecule has 0 aromatic heterocycles. The van der Waals surface area contributed by atoms with Crippen molar-refractivity contribution in [3.05, 3.63) is 11.8 Å². The Morgan fingerprint density at radius 3 is 2.81 bits per heavy atom. The van der Waals surface area contributed by atoms with E-state index in [0.29, 0.717) is 5.33 Å². The Labute approximate surface area is 102 Å². The standard InChI is InChI=1S/C8H9BrN2O4S/c9-2-3-1-4(8(13)14)11-6(12)5(10)7(11)16(3)15/h1,3,5,7H,2,10H2,(H,13,14)/t3?,5-,7-,16?/m1/s1. The predicted octanol–water partition coefficient (Wildman–Crippen LogP) is -1.02. The number of rotatable bonds is 2. The second-order valence-electron chi connectivity index (χ2n) is 3.50. The number of carboxylic acid groups (broad SMARTS) is 1. The normalized spacial score (nSPS) is 37.5. The summed E-state index contributed by atoms with van der Waals surface area (Å²) >= 11 is 3.16. The Balaban J connectivity index is 2.42. The van der Waals surface area contributed by atoms with Gasteiger partial charge in [-0.25, -0.2) is 4.79 Å². The second kappa shape index (κ2) is 3.94. The minimum atomic E-state index is -1.36. The van der Waals surface area contributed by atoms with Crippen molar-refractivity contribution in [2.75, 3.05) is 5.33 Å². The molecule has 0 radical (unpaired) electrons. The first-order valence-corrected chi connectivity index (χ1v) is 6.88. The van der Waals surface area contributed by atoms with Gasteiger partial charge in [0.15, 0.2) is 0 Å². The highest BCUT2D eigenvalue weighted by atomic mass is 79.9. The number of alkyl halides is 1. The zero-order valence-electron chi connectivity index (χ0n) is 8.00. The number of carbonyl (C=O) groups excluding carboxylic acids is 1. The van der Waals surface area contributed by atoms with Crippen LogP contribution in [0.5, 0.6) is 0 Å². The van der Waals surface area contributed by atoms with Crippen LogP contribution in [-0.2, 0) is 20.4 Å². The van der Waals surface area contributed by atoms with Crippen LogP contribution >= 0.6 is 15.9 Å². The van der Waals surface area contributed by atoms with Crippen LogP contribution in [0.4, 0.5) is 0 Å². The fourth-order valence-electron chi connectivity index (χ4n) is 1.77. The average Bonchev–Trinajstić information content (AvgIpc) is 2.26. The summed E-state index contributed by atoms with van der Waals surface area (Å²) in [6, 6.07) is -0.856. The number of fused-ring (bicyclic) bond motifs is 1. The number of amides is 1. The summed E-state index contributed by atoms with van der Waals surface area (Å²) in [6.07, 6.45) is 1.34. The lowest BCUT2D eigenvalue weighted by atomic mass is 10.1. The first-order valence-electron chi connectivity index (χ1n) is 4.48. The highest BCUT2D eigenvalue weighted by Crippen LogP contribution is 2.33. The summed E-state index contributed by atoms with van der Waals surface area (Å²) in [6.45, 7) is 0. The molecule has 8 heteroatoms. The molecule has 0 aliphatic carbocycles. The molecule has 0 aromatic rings. The van der Waals surface area contributed by atoms with E-state index in [1.807, 2.05) is 0 Å². The maximum absolute atomic E-state index is 11.9. The minimum absolute atomic E-state index is 0.124. The summed E-state index contributed by atoms with van der Waals surface area (Å²) < 4.78 is 11.9. The van der Waals surface area contributed by atoms with Crippen LogP contribution in [0.25, 0.3) is 0 Å². The summed E-state index contributed by atoms with van der Waals surface area (Å²) in [5.74, 6) is -1.69. The molecule has 2 aliphatic rings. The number of carboxylic acids is 1. The maximum Gasteiger partial charge on any atom is 0.352 e. The number of carbonyl (C=O) groups is 2. The van der Waals surface area contributed by atoms with Crippen molar-refractivity contribution in [1.82, 2.24) is 4.90 Å². The smallest absolute Gasteiger partial charge is 0.352 e. The van der Waals surface area contributed by atoms with Crippen LogP contribution in [0.3, 0.4) is 0 Å².